The number of hydrogen-bond donors (Lipinski definition) is 0. The first kappa shape index (κ1) is 24.1. The predicted octanol–water partition coefficient (Wildman–Crippen LogP) is 4.58. The summed E-state index contributed by atoms with van der Waals surface area (Å²) >= 11 is 3.31. The van der Waals surface area contributed by atoms with E-state index in [1.54, 1.807) is 24.3 Å². The minimum Gasteiger partial charge on any atom is -0.457 e. The van der Waals surface area contributed by atoms with Crippen LogP contribution in [-0.2, 0) is 14.3 Å². The van der Waals surface area contributed by atoms with E-state index in [9.17, 15) is 19.2 Å². The Kier molecular flexibility index (Phi) is 7.77. The van der Waals surface area contributed by atoms with Crippen molar-refractivity contribution in [2.45, 2.75) is 44.6 Å². The summed E-state index contributed by atoms with van der Waals surface area (Å²) in [6.45, 7) is -0.0278. The Morgan fingerprint density at radius 2 is 1.56 bits per heavy atom. The maximum absolute atomic E-state index is 12.5. The molecule has 1 aliphatic carbocycles. The second-order valence-electron chi connectivity index (χ2n) is 8.69. The molecule has 8 heteroatoms. The summed E-state index contributed by atoms with van der Waals surface area (Å²) in [6, 6.07) is 13.1. The molecule has 0 N–H and O–H groups in total. The monoisotopic (exact) mass is 527 g/mol. The van der Waals surface area contributed by atoms with E-state index in [1.165, 1.54) is 30.7 Å². The Balaban J connectivity index is 1.26. The summed E-state index contributed by atoms with van der Waals surface area (Å²) in [5.41, 5.74) is 0.741. The maximum atomic E-state index is 12.5. The predicted molar refractivity (Wildman–Crippen MR) is 128 cm³/mol. The molecule has 1 aliphatic heterocycles. The smallest absolute Gasteiger partial charge is 0.343 e. The van der Waals surface area contributed by atoms with Gasteiger partial charge in [0.2, 0.25) is 5.91 Å². The van der Waals surface area contributed by atoms with E-state index in [2.05, 4.69) is 15.9 Å². The van der Waals surface area contributed by atoms with Gasteiger partial charge in [0.25, 0.3) is 0 Å². The summed E-state index contributed by atoms with van der Waals surface area (Å²) in [6.07, 6.45) is 5.53. The molecular formula is C26H26BrNO6. The number of carbonyl (C=O) groups excluding carboxylic acids is 4. The van der Waals surface area contributed by atoms with E-state index >= 15 is 0 Å². The molecule has 2 aromatic rings. The van der Waals surface area contributed by atoms with Gasteiger partial charge in [0.15, 0.2) is 12.4 Å². The van der Waals surface area contributed by atoms with Gasteiger partial charge in [-0.3, -0.25) is 14.4 Å². The molecule has 1 heterocycles. The van der Waals surface area contributed by atoms with E-state index in [-0.39, 0.29) is 24.2 Å². The van der Waals surface area contributed by atoms with Crippen LogP contribution in [0.3, 0.4) is 0 Å². The molecule has 2 aromatic carbocycles. The van der Waals surface area contributed by atoms with Gasteiger partial charge in [-0.05, 0) is 61.4 Å². The number of benzene rings is 2. The van der Waals surface area contributed by atoms with Gasteiger partial charge in [0, 0.05) is 29.0 Å². The molecule has 34 heavy (non-hydrogen) atoms. The van der Waals surface area contributed by atoms with E-state index in [0.717, 1.165) is 30.2 Å². The van der Waals surface area contributed by atoms with Crippen LogP contribution in [0, 0.1) is 5.92 Å². The molecule has 4 rings (SSSR count). The minimum absolute atomic E-state index is 0.00607. The van der Waals surface area contributed by atoms with Gasteiger partial charge in [0.1, 0.15) is 5.75 Å². The van der Waals surface area contributed by atoms with Crippen molar-refractivity contribution in [3.63, 3.8) is 0 Å². The van der Waals surface area contributed by atoms with Gasteiger partial charge in [-0.1, -0.05) is 35.2 Å². The van der Waals surface area contributed by atoms with Crippen molar-refractivity contribution in [3.05, 3.63) is 64.1 Å². The van der Waals surface area contributed by atoms with Crippen molar-refractivity contribution in [2.75, 3.05) is 13.2 Å². The highest BCUT2D eigenvalue weighted by Gasteiger charge is 2.39. The number of carbonyl (C=O) groups is 4. The highest BCUT2D eigenvalue weighted by atomic mass is 79.9. The molecule has 1 saturated heterocycles. The number of ketones is 1. The molecule has 2 aliphatic rings. The molecule has 1 amide bonds. The standard InChI is InChI=1S/C26H26BrNO6/c27-20-10-6-18(7-11-20)26(32)34-22-12-8-17(9-13-22)23(29)16-33-25(31)19-14-24(30)28(15-19)21-4-2-1-3-5-21/h6-13,19,21H,1-5,14-16H2/t19-/m1/s1. The summed E-state index contributed by atoms with van der Waals surface area (Å²) < 4.78 is 11.4. The third-order valence-corrected chi connectivity index (χ3v) is 6.85. The molecule has 0 radical (unpaired) electrons. The molecule has 0 aromatic heterocycles. The average molecular weight is 528 g/mol. The van der Waals surface area contributed by atoms with Crippen LogP contribution < -0.4 is 4.74 Å². The zero-order valence-electron chi connectivity index (χ0n) is 18.7. The largest absolute Gasteiger partial charge is 0.457 e. The Hall–Kier alpha value is -3.00. The van der Waals surface area contributed by atoms with Crippen LogP contribution in [0.1, 0.15) is 59.2 Å². The van der Waals surface area contributed by atoms with Crippen LogP contribution >= 0.6 is 15.9 Å². The maximum Gasteiger partial charge on any atom is 0.343 e. The van der Waals surface area contributed by atoms with Crippen molar-refractivity contribution in [1.29, 1.82) is 0 Å². The Labute approximate surface area is 206 Å². The van der Waals surface area contributed by atoms with Crippen LogP contribution in [0.2, 0.25) is 0 Å². The van der Waals surface area contributed by atoms with Crippen molar-refractivity contribution in [3.8, 4) is 5.75 Å². The van der Waals surface area contributed by atoms with Crippen LogP contribution in [-0.4, -0.2) is 47.7 Å². The van der Waals surface area contributed by atoms with Gasteiger partial charge in [0.05, 0.1) is 11.5 Å². The number of halogens is 1. The fraction of sp³-hybridized carbons (Fsp3) is 0.385. The van der Waals surface area contributed by atoms with Crippen LogP contribution in [0.5, 0.6) is 5.75 Å². The molecular weight excluding hydrogens is 502 g/mol. The lowest BCUT2D eigenvalue weighted by atomic mass is 9.94. The van der Waals surface area contributed by atoms with Gasteiger partial charge in [-0.15, -0.1) is 0 Å². The van der Waals surface area contributed by atoms with E-state index in [0.29, 0.717) is 23.4 Å². The quantitative estimate of drug-likeness (QED) is 0.297. The van der Waals surface area contributed by atoms with Gasteiger partial charge in [-0.2, -0.15) is 0 Å². The van der Waals surface area contributed by atoms with Crippen molar-refractivity contribution < 1.29 is 28.7 Å². The number of ether oxygens (including phenoxy) is 2. The zero-order valence-corrected chi connectivity index (χ0v) is 20.3. The van der Waals surface area contributed by atoms with Crippen molar-refractivity contribution >= 4 is 39.6 Å². The van der Waals surface area contributed by atoms with Gasteiger partial charge in [-0.25, -0.2) is 4.79 Å². The zero-order chi connectivity index (χ0) is 24.1. The fourth-order valence-electron chi connectivity index (χ4n) is 4.43. The molecule has 178 valence electrons. The molecule has 1 atom stereocenters. The fourth-order valence-corrected chi connectivity index (χ4v) is 4.70. The second kappa shape index (κ2) is 11.0. The van der Waals surface area contributed by atoms with E-state index in [4.69, 9.17) is 9.47 Å². The number of esters is 2. The normalized spacial score (nSPS) is 18.6. The first-order valence-electron chi connectivity index (χ1n) is 11.5. The second-order valence-corrected chi connectivity index (χ2v) is 9.61. The highest BCUT2D eigenvalue weighted by molar-refractivity contribution is 9.10. The third-order valence-electron chi connectivity index (χ3n) is 6.32. The van der Waals surface area contributed by atoms with Crippen LogP contribution in [0.4, 0.5) is 0 Å². The third kappa shape index (κ3) is 5.91. The van der Waals surface area contributed by atoms with Crippen molar-refractivity contribution in [2.24, 2.45) is 5.92 Å². The topological polar surface area (TPSA) is 90.0 Å². The molecule has 0 spiro atoms. The number of rotatable bonds is 7. The SMILES string of the molecule is O=C(COC(=O)[C@@H]1CC(=O)N(C2CCCCC2)C1)c1ccc(OC(=O)c2ccc(Br)cc2)cc1. The van der Waals surface area contributed by atoms with Crippen LogP contribution in [0.25, 0.3) is 0 Å². The summed E-state index contributed by atoms with van der Waals surface area (Å²) in [5, 5.41) is 0. The lowest BCUT2D eigenvalue weighted by Gasteiger charge is -2.31. The summed E-state index contributed by atoms with van der Waals surface area (Å²) in [4.78, 5) is 51.3. The summed E-state index contributed by atoms with van der Waals surface area (Å²) in [7, 11) is 0. The first-order valence-corrected chi connectivity index (χ1v) is 12.3. The Bertz CT molecular complexity index is 1060. The highest BCUT2D eigenvalue weighted by Crippen LogP contribution is 2.29. The Morgan fingerprint density at radius 3 is 2.24 bits per heavy atom. The van der Waals surface area contributed by atoms with Crippen molar-refractivity contribution in [1.82, 2.24) is 4.90 Å². The summed E-state index contributed by atoms with van der Waals surface area (Å²) in [5.74, 6) is -1.62. The first-order chi connectivity index (χ1) is 16.4. The number of nitrogens with zero attached hydrogens (tertiary/aromatic N) is 1. The van der Waals surface area contributed by atoms with E-state index in [1.807, 2.05) is 4.90 Å². The number of likely N-dealkylation sites (tertiary alicyclic amines) is 1. The Morgan fingerprint density at radius 1 is 0.912 bits per heavy atom. The number of Topliss-reactive ketones (excluding diaryl/α,β-unsaturated/α-hetero) is 1. The lowest BCUT2D eigenvalue weighted by molar-refractivity contribution is -0.147. The molecule has 1 saturated carbocycles. The van der Waals surface area contributed by atoms with Gasteiger partial charge >= 0.3 is 11.9 Å². The average Bonchev–Trinajstić information content (AvgIpc) is 3.25. The van der Waals surface area contributed by atoms with Gasteiger partial charge < -0.3 is 14.4 Å². The number of amides is 1. The molecule has 0 bridgehead atoms. The molecule has 7 nitrogen and oxygen atoms in total. The molecule has 2 fully saturated rings. The van der Waals surface area contributed by atoms with E-state index < -0.39 is 24.5 Å². The lowest BCUT2D eigenvalue weighted by Crippen LogP contribution is -2.38. The molecule has 0 unspecified atom stereocenters. The minimum atomic E-state index is -0.525. The number of hydrogen-bond acceptors (Lipinski definition) is 6. The van der Waals surface area contributed by atoms with Crippen LogP contribution in [0.15, 0.2) is 53.0 Å².